The van der Waals surface area contributed by atoms with Crippen molar-refractivity contribution in [1.29, 1.82) is 5.26 Å². The molecule has 1 aliphatic heterocycles. The van der Waals surface area contributed by atoms with Gasteiger partial charge in [0.25, 0.3) is 0 Å². The number of aromatic nitrogens is 3. The van der Waals surface area contributed by atoms with Gasteiger partial charge in [0, 0.05) is 25.2 Å². The molecule has 0 aliphatic carbocycles. The molecule has 2 aromatic heterocycles. The van der Waals surface area contributed by atoms with E-state index in [0.29, 0.717) is 24.4 Å². The van der Waals surface area contributed by atoms with Crippen LogP contribution in [0.15, 0.2) is 42.9 Å². The molecule has 0 amide bonds. The van der Waals surface area contributed by atoms with Crippen LogP contribution in [-0.2, 0) is 7.05 Å². The van der Waals surface area contributed by atoms with Crippen LogP contribution in [0.5, 0.6) is 5.75 Å². The molecule has 3 heterocycles. The lowest BCUT2D eigenvalue weighted by Gasteiger charge is -2.21. The molecule has 126 valence electrons. The Kier molecular flexibility index (Phi) is 3.75. The number of benzene rings is 1. The molecule has 4 rings (SSSR count). The first-order valence-electron chi connectivity index (χ1n) is 8.02. The van der Waals surface area contributed by atoms with Gasteiger partial charge in [0.1, 0.15) is 18.3 Å². The average Bonchev–Trinajstić information content (AvgIpc) is 3.19. The summed E-state index contributed by atoms with van der Waals surface area (Å²) in [6.45, 7) is 0.881. The fourth-order valence-corrected chi connectivity index (χ4v) is 3.24. The van der Waals surface area contributed by atoms with Crippen LogP contribution < -0.4 is 9.64 Å². The van der Waals surface area contributed by atoms with Crippen molar-refractivity contribution >= 4 is 16.6 Å². The second-order valence-corrected chi connectivity index (χ2v) is 6.13. The van der Waals surface area contributed by atoms with Crippen LogP contribution in [0.25, 0.3) is 10.9 Å². The van der Waals surface area contributed by atoms with E-state index < -0.39 is 6.10 Å². The molecule has 1 N–H and O–H groups in total. The standard InChI is InChI=1S/C18H17N5O2/c1-22-9-13(8-21-22)25-17-11-23(10-16(17)24)18-12(6-19)7-20-15-5-3-2-4-14(15)18/h2-5,7-9,16-17,24H,10-11H2,1H3/t16-,17-/m1/s1. The van der Waals surface area contributed by atoms with E-state index in [9.17, 15) is 10.4 Å². The van der Waals surface area contributed by atoms with Crippen LogP contribution in [0.3, 0.4) is 0 Å². The molecule has 0 radical (unpaired) electrons. The number of fused-ring (bicyclic) bond motifs is 1. The Morgan fingerprint density at radius 2 is 2.12 bits per heavy atom. The maximum absolute atomic E-state index is 10.4. The summed E-state index contributed by atoms with van der Waals surface area (Å²) in [6.07, 6.45) is 3.93. The van der Waals surface area contributed by atoms with Crippen molar-refractivity contribution in [2.45, 2.75) is 12.2 Å². The van der Waals surface area contributed by atoms with Crippen molar-refractivity contribution in [2.24, 2.45) is 7.05 Å². The summed E-state index contributed by atoms with van der Waals surface area (Å²) < 4.78 is 7.52. The summed E-state index contributed by atoms with van der Waals surface area (Å²) >= 11 is 0. The molecule has 25 heavy (non-hydrogen) atoms. The zero-order valence-electron chi connectivity index (χ0n) is 13.7. The van der Waals surface area contributed by atoms with Gasteiger partial charge in [-0.05, 0) is 6.07 Å². The van der Waals surface area contributed by atoms with Crippen LogP contribution in [0.4, 0.5) is 5.69 Å². The smallest absolute Gasteiger partial charge is 0.157 e. The fourth-order valence-electron chi connectivity index (χ4n) is 3.24. The van der Waals surface area contributed by atoms with E-state index in [0.717, 1.165) is 16.6 Å². The van der Waals surface area contributed by atoms with Crippen LogP contribution in [0.2, 0.25) is 0 Å². The normalized spacial score (nSPS) is 20.0. The summed E-state index contributed by atoms with van der Waals surface area (Å²) in [7, 11) is 1.81. The minimum Gasteiger partial charge on any atom is -0.482 e. The molecule has 0 saturated carbocycles. The van der Waals surface area contributed by atoms with Crippen LogP contribution in [0, 0.1) is 11.3 Å². The Labute approximate surface area is 144 Å². The highest BCUT2D eigenvalue weighted by molar-refractivity contribution is 5.94. The molecule has 7 heteroatoms. The molecular weight excluding hydrogens is 318 g/mol. The summed E-state index contributed by atoms with van der Waals surface area (Å²) in [5.74, 6) is 0.619. The minimum absolute atomic E-state index is 0.386. The molecule has 0 spiro atoms. The first kappa shape index (κ1) is 15.4. The van der Waals surface area contributed by atoms with Gasteiger partial charge < -0.3 is 14.7 Å². The summed E-state index contributed by atoms with van der Waals surface area (Å²) in [6, 6.07) is 9.90. The van der Waals surface area contributed by atoms with Gasteiger partial charge in [-0.3, -0.25) is 9.67 Å². The zero-order valence-corrected chi connectivity index (χ0v) is 13.7. The number of hydrogen-bond acceptors (Lipinski definition) is 6. The lowest BCUT2D eigenvalue weighted by atomic mass is 10.1. The summed E-state index contributed by atoms with van der Waals surface area (Å²) in [5.41, 5.74) is 2.11. The molecule has 0 unspecified atom stereocenters. The molecule has 2 atom stereocenters. The Hall–Kier alpha value is -3.11. The highest BCUT2D eigenvalue weighted by atomic mass is 16.5. The molecule has 0 bridgehead atoms. The molecular formula is C18H17N5O2. The largest absolute Gasteiger partial charge is 0.482 e. The van der Waals surface area contributed by atoms with Crippen molar-refractivity contribution in [3.05, 3.63) is 48.4 Å². The minimum atomic E-state index is -0.654. The van der Waals surface area contributed by atoms with Gasteiger partial charge in [-0.25, -0.2) is 0 Å². The number of aryl methyl sites for hydroxylation is 1. The number of anilines is 1. The number of para-hydroxylation sites is 1. The van der Waals surface area contributed by atoms with Crippen molar-refractivity contribution in [1.82, 2.24) is 14.8 Å². The second-order valence-electron chi connectivity index (χ2n) is 6.13. The topological polar surface area (TPSA) is 87.2 Å². The number of ether oxygens (including phenoxy) is 1. The maximum Gasteiger partial charge on any atom is 0.157 e. The predicted molar refractivity (Wildman–Crippen MR) is 92.3 cm³/mol. The Morgan fingerprint density at radius 3 is 2.88 bits per heavy atom. The molecule has 1 saturated heterocycles. The summed E-state index contributed by atoms with van der Waals surface area (Å²) in [4.78, 5) is 6.33. The van der Waals surface area contributed by atoms with Crippen molar-refractivity contribution < 1.29 is 9.84 Å². The van der Waals surface area contributed by atoms with E-state index in [1.165, 1.54) is 0 Å². The zero-order chi connectivity index (χ0) is 17.4. The highest BCUT2D eigenvalue weighted by Crippen LogP contribution is 2.32. The fraction of sp³-hybridized carbons (Fsp3) is 0.278. The third-order valence-corrected chi connectivity index (χ3v) is 4.39. The number of pyridine rings is 1. The molecule has 3 aromatic rings. The molecule has 7 nitrogen and oxygen atoms in total. The van der Waals surface area contributed by atoms with Gasteiger partial charge in [0.05, 0.1) is 35.7 Å². The van der Waals surface area contributed by atoms with Crippen molar-refractivity contribution in [3.8, 4) is 11.8 Å². The number of nitrogens with zero attached hydrogens (tertiary/aromatic N) is 5. The molecule has 1 fully saturated rings. The Bertz CT molecular complexity index is 961. The lowest BCUT2D eigenvalue weighted by molar-refractivity contribution is 0.0737. The van der Waals surface area contributed by atoms with E-state index >= 15 is 0 Å². The number of β-amino-alcohol motifs (C(OH)–C–C–N with tert-alkyl or cyclic N) is 1. The third-order valence-electron chi connectivity index (χ3n) is 4.39. The van der Waals surface area contributed by atoms with Crippen LogP contribution in [0.1, 0.15) is 5.56 Å². The number of rotatable bonds is 3. The number of aliphatic hydroxyl groups is 1. The van der Waals surface area contributed by atoms with E-state index in [-0.39, 0.29) is 6.10 Å². The third kappa shape index (κ3) is 2.77. The highest BCUT2D eigenvalue weighted by Gasteiger charge is 2.35. The number of nitriles is 1. The summed E-state index contributed by atoms with van der Waals surface area (Å²) in [5, 5.41) is 24.9. The first-order valence-corrected chi connectivity index (χ1v) is 8.02. The first-order chi connectivity index (χ1) is 12.2. The van der Waals surface area contributed by atoms with Gasteiger partial charge in [-0.15, -0.1) is 0 Å². The maximum atomic E-state index is 10.4. The number of aliphatic hydroxyl groups excluding tert-OH is 1. The molecule has 1 aliphatic rings. The Morgan fingerprint density at radius 1 is 1.28 bits per heavy atom. The Balaban J connectivity index is 1.67. The van der Waals surface area contributed by atoms with Crippen LogP contribution >= 0.6 is 0 Å². The van der Waals surface area contributed by atoms with Crippen LogP contribution in [-0.4, -0.2) is 45.2 Å². The van der Waals surface area contributed by atoms with Gasteiger partial charge in [-0.2, -0.15) is 10.4 Å². The second kappa shape index (κ2) is 6.07. The van der Waals surface area contributed by atoms with Gasteiger partial charge in [-0.1, -0.05) is 18.2 Å². The monoisotopic (exact) mass is 335 g/mol. The van der Waals surface area contributed by atoms with Crippen molar-refractivity contribution in [3.63, 3.8) is 0 Å². The SMILES string of the molecule is Cn1cc(O[C@@H]2CN(c3c(C#N)cnc4ccccc34)C[C@H]2O)cn1. The quantitative estimate of drug-likeness (QED) is 0.780. The molecule has 1 aromatic carbocycles. The van der Waals surface area contributed by atoms with Gasteiger partial charge in [0.15, 0.2) is 5.75 Å². The van der Waals surface area contributed by atoms with E-state index in [4.69, 9.17) is 4.74 Å². The van der Waals surface area contributed by atoms with Crippen molar-refractivity contribution in [2.75, 3.05) is 18.0 Å². The number of hydrogen-bond donors (Lipinski definition) is 1. The predicted octanol–water partition coefficient (Wildman–Crippen LogP) is 1.47. The van der Waals surface area contributed by atoms with Gasteiger partial charge >= 0.3 is 0 Å². The average molecular weight is 335 g/mol. The van der Waals surface area contributed by atoms with E-state index in [1.54, 1.807) is 23.3 Å². The van der Waals surface area contributed by atoms with Gasteiger partial charge in [0.2, 0.25) is 0 Å². The van der Waals surface area contributed by atoms with E-state index in [2.05, 4.69) is 16.2 Å². The van der Waals surface area contributed by atoms with E-state index in [1.807, 2.05) is 36.2 Å². The lowest BCUT2D eigenvalue weighted by Crippen LogP contribution is -2.29.